The third kappa shape index (κ3) is 4.78. The lowest BCUT2D eigenvalue weighted by Crippen LogP contribution is -2.09. The summed E-state index contributed by atoms with van der Waals surface area (Å²) in [5, 5.41) is 3.67. The summed E-state index contributed by atoms with van der Waals surface area (Å²) >= 11 is 0. The molecular formula is C45H33N3O. The van der Waals surface area contributed by atoms with E-state index in [9.17, 15) is 0 Å². The molecule has 10 rings (SSSR count). The fourth-order valence-electron chi connectivity index (χ4n) is 7.96. The number of benzene rings is 5. The molecule has 49 heavy (non-hydrogen) atoms. The van der Waals surface area contributed by atoms with E-state index in [1.807, 2.05) is 12.1 Å². The summed E-state index contributed by atoms with van der Waals surface area (Å²) in [4.78, 5) is 15.7. The zero-order valence-electron chi connectivity index (χ0n) is 27.1. The van der Waals surface area contributed by atoms with Crippen molar-refractivity contribution in [1.82, 2.24) is 15.0 Å². The van der Waals surface area contributed by atoms with Crippen molar-refractivity contribution in [3.8, 4) is 22.5 Å². The second-order valence-corrected chi connectivity index (χ2v) is 13.3. The molecular weight excluding hydrogens is 599 g/mol. The van der Waals surface area contributed by atoms with Gasteiger partial charge in [-0.05, 0) is 106 Å². The molecule has 2 aromatic heterocycles. The van der Waals surface area contributed by atoms with E-state index in [1.165, 1.54) is 44.2 Å². The van der Waals surface area contributed by atoms with Gasteiger partial charge in [0.2, 0.25) is 0 Å². The summed E-state index contributed by atoms with van der Waals surface area (Å²) in [6.45, 7) is 0. The van der Waals surface area contributed by atoms with Gasteiger partial charge in [0.1, 0.15) is 11.3 Å². The number of hydrogen-bond acceptors (Lipinski definition) is 4. The first-order valence-corrected chi connectivity index (χ1v) is 17.3. The highest BCUT2D eigenvalue weighted by atomic mass is 16.3. The van der Waals surface area contributed by atoms with Gasteiger partial charge in [0, 0.05) is 28.5 Å². The molecule has 3 aliphatic rings. The average molecular weight is 632 g/mol. The zero-order chi connectivity index (χ0) is 32.3. The van der Waals surface area contributed by atoms with Crippen molar-refractivity contribution in [2.75, 3.05) is 0 Å². The van der Waals surface area contributed by atoms with Gasteiger partial charge in [0.05, 0.1) is 0 Å². The van der Waals surface area contributed by atoms with E-state index in [2.05, 4.69) is 115 Å². The lowest BCUT2D eigenvalue weighted by Gasteiger charge is -2.19. The standard InChI is InChI=1S/C45H33N3O/c1-2-12-29-25-33(24-23-28(29)11-1)44-46-43(47-45(48-44)38-20-10-22-41-42(38)37-19-7-8-21-40(37)49-41)32-15-9-14-30(26-32)39-27-31-13-3-4-16-34(31)35-17-5-6-18-36(35)39/h1-2,4-9,11-12,14-21,25-27H,3,10,13,22-24H2. The Labute approximate surface area is 285 Å². The van der Waals surface area contributed by atoms with E-state index in [0.717, 1.165) is 83.4 Å². The monoisotopic (exact) mass is 631 g/mol. The Morgan fingerprint density at radius 2 is 1.37 bits per heavy atom. The molecule has 0 bridgehead atoms. The first-order chi connectivity index (χ1) is 24.3. The molecule has 0 atom stereocenters. The highest BCUT2D eigenvalue weighted by Crippen LogP contribution is 2.40. The van der Waals surface area contributed by atoms with Gasteiger partial charge in [-0.15, -0.1) is 0 Å². The normalized spacial score (nSPS) is 15.0. The summed E-state index contributed by atoms with van der Waals surface area (Å²) < 4.78 is 6.35. The molecule has 0 amide bonds. The molecule has 0 fully saturated rings. The van der Waals surface area contributed by atoms with Crippen molar-refractivity contribution in [2.24, 2.45) is 0 Å². The summed E-state index contributed by atoms with van der Waals surface area (Å²) in [6.07, 6.45) is 14.9. The van der Waals surface area contributed by atoms with Crippen LogP contribution >= 0.6 is 0 Å². The maximum atomic E-state index is 6.35. The minimum Gasteiger partial charge on any atom is -0.460 e. The Morgan fingerprint density at radius 1 is 0.571 bits per heavy atom. The Bertz CT molecular complexity index is 2570. The lowest BCUT2D eigenvalue weighted by atomic mass is 9.87. The zero-order valence-corrected chi connectivity index (χ0v) is 27.1. The van der Waals surface area contributed by atoms with Crippen molar-refractivity contribution < 1.29 is 4.42 Å². The Kier molecular flexibility index (Phi) is 6.54. The van der Waals surface area contributed by atoms with Gasteiger partial charge < -0.3 is 4.42 Å². The van der Waals surface area contributed by atoms with Crippen LogP contribution in [0.2, 0.25) is 0 Å². The van der Waals surface area contributed by atoms with Crippen molar-refractivity contribution in [3.05, 3.63) is 161 Å². The quantitative estimate of drug-likeness (QED) is 0.194. The SMILES string of the molecule is C1=Cc2c(cc(-c3cccc(-c4nc(C5=Cc6ccccc6CC5)nc(C5=CCCc6oc7ccccc7c65)n4)c3)c3ccccc23)CC1. The average Bonchev–Trinajstić information content (AvgIpc) is 3.56. The number of hydrogen-bond donors (Lipinski definition) is 0. The maximum Gasteiger partial charge on any atom is 0.164 e. The van der Waals surface area contributed by atoms with Gasteiger partial charge in [-0.25, -0.2) is 15.0 Å². The van der Waals surface area contributed by atoms with E-state index in [1.54, 1.807) is 0 Å². The van der Waals surface area contributed by atoms with Crippen LogP contribution in [-0.4, -0.2) is 15.0 Å². The fourth-order valence-corrected chi connectivity index (χ4v) is 7.96. The van der Waals surface area contributed by atoms with Crippen LogP contribution in [0.15, 0.2) is 120 Å². The minimum absolute atomic E-state index is 0.688. The molecule has 234 valence electrons. The molecule has 0 aliphatic heterocycles. The second-order valence-electron chi connectivity index (χ2n) is 13.3. The lowest BCUT2D eigenvalue weighted by molar-refractivity contribution is 0.545. The molecule has 5 aromatic carbocycles. The van der Waals surface area contributed by atoms with Crippen LogP contribution < -0.4 is 0 Å². The maximum absolute atomic E-state index is 6.35. The number of aryl methyl sites for hydroxylation is 3. The van der Waals surface area contributed by atoms with E-state index >= 15 is 0 Å². The molecule has 0 spiro atoms. The smallest absolute Gasteiger partial charge is 0.164 e. The largest absolute Gasteiger partial charge is 0.460 e. The van der Waals surface area contributed by atoms with Gasteiger partial charge in [-0.3, -0.25) is 0 Å². The number of fused-ring (bicyclic) bond motifs is 7. The van der Waals surface area contributed by atoms with Crippen molar-refractivity contribution in [3.63, 3.8) is 0 Å². The van der Waals surface area contributed by atoms with Gasteiger partial charge in [-0.1, -0.05) is 103 Å². The van der Waals surface area contributed by atoms with Crippen molar-refractivity contribution in [2.45, 2.75) is 38.5 Å². The summed E-state index contributed by atoms with van der Waals surface area (Å²) in [7, 11) is 0. The highest BCUT2D eigenvalue weighted by Gasteiger charge is 2.26. The Balaban J connectivity index is 1.16. The number of nitrogens with zero attached hydrogens (tertiary/aromatic N) is 3. The summed E-state index contributed by atoms with van der Waals surface area (Å²) in [6, 6.07) is 36.9. The van der Waals surface area contributed by atoms with Crippen LogP contribution in [0.4, 0.5) is 0 Å². The van der Waals surface area contributed by atoms with Gasteiger partial charge in [0.15, 0.2) is 17.5 Å². The Hall–Kier alpha value is -5.87. The molecule has 3 aliphatic carbocycles. The predicted molar refractivity (Wildman–Crippen MR) is 200 cm³/mol. The summed E-state index contributed by atoms with van der Waals surface area (Å²) in [5.41, 5.74) is 12.9. The van der Waals surface area contributed by atoms with Crippen molar-refractivity contribution in [1.29, 1.82) is 0 Å². The third-order valence-corrected chi connectivity index (χ3v) is 10.3. The third-order valence-electron chi connectivity index (χ3n) is 10.3. The second kappa shape index (κ2) is 11.4. The van der Waals surface area contributed by atoms with Crippen LogP contribution in [0, 0.1) is 0 Å². The number of para-hydroxylation sites is 1. The van der Waals surface area contributed by atoms with E-state index in [-0.39, 0.29) is 0 Å². The molecule has 4 nitrogen and oxygen atoms in total. The van der Waals surface area contributed by atoms with Gasteiger partial charge in [0.25, 0.3) is 0 Å². The van der Waals surface area contributed by atoms with Crippen LogP contribution in [0.1, 0.15) is 64.5 Å². The number of allylic oxidation sites excluding steroid dienone is 3. The van der Waals surface area contributed by atoms with Crippen LogP contribution in [-0.2, 0) is 19.3 Å². The molecule has 2 heterocycles. The first kappa shape index (κ1) is 28.2. The Morgan fingerprint density at radius 3 is 2.33 bits per heavy atom. The molecule has 0 N–H and O–H groups in total. The first-order valence-electron chi connectivity index (χ1n) is 17.3. The van der Waals surface area contributed by atoms with Crippen LogP contribution in [0.5, 0.6) is 0 Å². The highest BCUT2D eigenvalue weighted by molar-refractivity contribution is 6.03. The molecule has 0 unspecified atom stereocenters. The number of furan rings is 1. The predicted octanol–water partition coefficient (Wildman–Crippen LogP) is 10.9. The molecule has 7 aromatic rings. The molecule has 0 saturated heterocycles. The molecule has 0 radical (unpaired) electrons. The fraction of sp³-hybridized carbons (Fsp3) is 0.133. The molecule has 4 heteroatoms. The molecule has 0 saturated carbocycles. The summed E-state index contributed by atoms with van der Waals surface area (Å²) in [5.74, 6) is 3.13. The van der Waals surface area contributed by atoms with Crippen molar-refractivity contribution >= 4 is 45.0 Å². The number of rotatable bonds is 4. The van der Waals surface area contributed by atoms with Gasteiger partial charge in [-0.2, -0.15) is 0 Å². The van der Waals surface area contributed by atoms with E-state index in [0.29, 0.717) is 11.6 Å². The van der Waals surface area contributed by atoms with E-state index in [4.69, 9.17) is 19.4 Å². The minimum atomic E-state index is 0.688. The van der Waals surface area contributed by atoms with Gasteiger partial charge >= 0.3 is 0 Å². The number of aromatic nitrogens is 3. The van der Waals surface area contributed by atoms with Crippen LogP contribution in [0.3, 0.4) is 0 Å². The topological polar surface area (TPSA) is 51.8 Å². The van der Waals surface area contributed by atoms with Crippen LogP contribution in [0.25, 0.3) is 67.6 Å². The van der Waals surface area contributed by atoms with E-state index < -0.39 is 0 Å².